The number of amides is 2. The van der Waals surface area contributed by atoms with Gasteiger partial charge in [-0.1, -0.05) is 37.3 Å². The van der Waals surface area contributed by atoms with Crippen molar-refractivity contribution in [1.82, 2.24) is 10.2 Å². The van der Waals surface area contributed by atoms with Gasteiger partial charge in [-0.05, 0) is 12.0 Å². The summed E-state index contributed by atoms with van der Waals surface area (Å²) in [5.41, 5.74) is 0.797. The highest BCUT2D eigenvalue weighted by molar-refractivity contribution is 5.97. The van der Waals surface area contributed by atoms with Crippen LogP contribution in [-0.2, 0) is 9.59 Å². The van der Waals surface area contributed by atoms with Gasteiger partial charge in [0, 0.05) is 13.0 Å². The third kappa shape index (κ3) is 2.67. The number of nitrogens with zero attached hydrogens (tertiary/aromatic N) is 1. The maximum Gasteiger partial charge on any atom is 0.250 e. The Kier molecular flexibility index (Phi) is 4.41. The zero-order valence-electron chi connectivity index (χ0n) is 11.5. The SMILES string of the molecule is C#CCCN1C(=O)C(c2ccccc2)NC(=O)C1CC. The Balaban J connectivity index is 2.27. The Morgan fingerprint density at radius 1 is 1.30 bits per heavy atom. The smallest absolute Gasteiger partial charge is 0.250 e. The fourth-order valence-electron chi connectivity index (χ4n) is 2.49. The Morgan fingerprint density at radius 3 is 2.60 bits per heavy atom. The lowest BCUT2D eigenvalue weighted by molar-refractivity contribution is -0.149. The van der Waals surface area contributed by atoms with Crippen molar-refractivity contribution in [1.29, 1.82) is 0 Å². The van der Waals surface area contributed by atoms with Crippen molar-refractivity contribution < 1.29 is 9.59 Å². The summed E-state index contributed by atoms with van der Waals surface area (Å²) in [4.78, 5) is 26.4. The van der Waals surface area contributed by atoms with Crippen LogP contribution in [-0.4, -0.2) is 29.3 Å². The van der Waals surface area contributed by atoms with E-state index in [2.05, 4.69) is 11.2 Å². The largest absolute Gasteiger partial charge is 0.339 e. The van der Waals surface area contributed by atoms with Gasteiger partial charge in [0.05, 0.1) is 0 Å². The Labute approximate surface area is 119 Å². The fraction of sp³-hybridized carbons (Fsp3) is 0.375. The molecule has 1 N–H and O–H groups in total. The number of benzene rings is 1. The van der Waals surface area contributed by atoms with Crippen molar-refractivity contribution in [2.75, 3.05) is 6.54 Å². The molecule has 0 aromatic heterocycles. The molecule has 0 saturated carbocycles. The van der Waals surface area contributed by atoms with Gasteiger partial charge >= 0.3 is 0 Å². The van der Waals surface area contributed by atoms with Crippen LogP contribution in [0.25, 0.3) is 0 Å². The van der Waals surface area contributed by atoms with Gasteiger partial charge in [0.15, 0.2) is 0 Å². The average molecular weight is 270 g/mol. The summed E-state index contributed by atoms with van der Waals surface area (Å²) in [6.07, 6.45) is 6.31. The van der Waals surface area contributed by atoms with Gasteiger partial charge in [-0.25, -0.2) is 0 Å². The van der Waals surface area contributed by atoms with Crippen molar-refractivity contribution in [3.05, 3.63) is 35.9 Å². The quantitative estimate of drug-likeness (QED) is 0.843. The number of hydrogen-bond donors (Lipinski definition) is 1. The lowest BCUT2D eigenvalue weighted by atomic mass is 9.99. The van der Waals surface area contributed by atoms with Crippen LogP contribution in [0.15, 0.2) is 30.3 Å². The summed E-state index contributed by atoms with van der Waals surface area (Å²) >= 11 is 0. The number of terminal acetylenes is 1. The average Bonchev–Trinajstić information content (AvgIpc) is 2.48. The van der Waals surface area contributed by atoms with E-state index >= 15 is 0 Å². The molecule has 1 heterocycles. The molecular formula is C16H18N2O2. The van der Waals surface area contributed by atoms with Gasteiger partial charge in [-0.2, -0.15) is 0 Å². The van der Waals surface area contributed by atoms with Crippen LogP contribution in [0.3, 0.4) is 0 Å². The van der Waals surface area contributed by atoms with Gasteiger partial charge in [0.25, 0.3) is 5.91 Å². The Bertz CT molecular complexity index is 533. The van der Waals surface area contributed by atoms with E-state index in [9.17, 15) is 9.59 Å². The predicted octanol–water partition coefficient (Wildman–Crippen LogP) is 1.49. The van der Waals surface area contributed by atoms with Crippen molar-refractivity contribution in [2.45, 2.75) is 31.8 Å². The number of carbonyl (C=O) groups excluding carboxylic acids is 2. The van der Waals surface area contributed by atoms with Crippen LogP contribution in [0.4, 0.5) is 0 Å². The lowest BCUT2D eigenvalue weighted by Gasteiger charge is -2.38. The third-order valence-corrected chi connectivity index (χ3v) is 3.51. The highest BCUT2D eigenvalue weighted by Gasteiger charge is 2.39. The first kappa shape index (κ1) is 14.1. The molecule has 2 rings (SSSR count). The molecule has 0 radical (unpaired) electrons. The second-order valence-corrected chi connectivity index (χ2v) is 4.76. The molecule has 1 aliphatic rings. The zero-order valence-corrected chi connectivity index (χ0v) is 11.5. The van der Waals surface area contributed by atoms with Crippen LogP contribution < -0.4 is 5.32 Å². The Hall–Kier alpha value is -2.28. The topological polar surface area (TPSA) is 49.4 Å². The van der Waals surface area contributed by atoms with Gasteiger partial charge in [-0.15, -0.1) is 12.3 Å². The monoisotopic (exact) mass is 270 g/mol. The summed E-state index contributed by atoms with van der Waals surface area (Å²) in [5.74, 6) is 2.33. The van der Waals surface area contributed by atoms with Crippen molar-refractivity contribution >= 4 is 11.8 Å². The Morgan fingerprint density at radius 2 is 2.00 bits per heavy atom. The molecule has 1 saturated heterocycles. The van der Waals surface area contributed by atoms with E-state index in [1.165, 1.54) is 0 Å². The summed E-state index contributed by atoms with van der Waals surface area (Å²) in [6, 6.07) is 8.24. The van der Waals surface area contributed by atoms with Gasteiger partial charge in [0.1, 0.15) is 12.1 Å². The number of piperazine rings is 1. The molecule has 2 unspecified atom stereocenters. The minimum absolute atomic E-state index is 0.0853. The second-order valence-electron chi connectivity index (χ2n) is 4.76. The molecule has 1 aromatic carbocycles. The van der Waals surface area contributed by atoms with Crippen LogP contribution in [0, 0.1) is 12.3 Å². The summed E-state index contributed by atoms with van der Waals surface area (Å²) in [7, 11) is 0. The molecule has 20 heavy (non-hydrogen) atoms. The molecule has 2 amide bonds. The standard InChI is InChI=1S/C16H18N2O2/c1-3-5-11-18-13(4-2)15(19)17-14(16(18)20)12-9-7-6-8-10-12/h1,6-10,13-14H,4-5,11H2,2H3,(H,17,19). The fourth-order valence-corrected chi connectivity index (χ4v) is 2.49. The van der Waals surface area contributed by atoms with E-state index in [0.29, 0.717) is 19.4 Å². The van der Waals surface area contributed by atoms with Gasteiger partial charge in [0.2, 0.25) is 5.91 Å². The second kappa shape index (κ2) is 6.25. The maximum atomic E-state index is 12.6. The molecule has 104 valence electrons. The van der Waals surface area contributed by atoms with E-state index in [-0.39, 0.29) is 11.8 Å². The molecule has 1 aromatic rings. The molecule has 2 atom stereocenters. The van der Waals surface area contributed by atoms with Crippen molar-refractivity contribution in [2.24, 2.45) is 0 Å². The molecule has 4 nitrogen and oxygen atoms in total. The predicted molar refractivity (Wildman–Crippen MR) is 76.6 cm³/mol. The van der Waals surface area contributed by atoms with Crippen molar-refractivity contribution in [3.8, 4) is 12.3 Å². The van der Waals surface area contributed by atoms with Crippen LogP contribution in [0.5, 0.6) is 0 Å². The first-order chi connectivity index (χ1) is 9.69. The van der Waals surface area contributed by atoms with Crippen LogP contribution >= 0.6 is 0 Å². The molecular weight excluding hydrogens is 252 g/mol. The number of rotatable bonds is 4. The highest BCUT2D eigenvalue weighted by atomic mass is 16.2. The maximum absolute atomic E-state index is 12.6. The van der Waals surface area contributed by atoms with Crippen LogP contribution in [0.1, 0.15) is 31.4 Å². The summed E-state index contributed by atoms with van der Waals surface area (Å²) in [6.45, 7) is 2.31. The van der Waals surface area contributed by atoms with Crippen LogP contribution in [0.2, 0.25) is 0 Å². The molecule has 1 aliphatic heterocycles. The van der Waals surface area contributed by atoms with Gasteiger partial charge < -0.3 is 10.2 Å². The van der Waals surface area contributed by atoms with E-state index < -0.39 is 12.1 Å². The molecule has 4 heteroatoms. The third-order valence-electron chi connectivity index (χ3n) is 3.51. The normalized spacial score (nSPS) is 22.3. The molecule has 0 aliphatic carbocycles. The summed E-state index contributed by atoms with van der Waals surface area (Å²) in [5, 5.41) is 2.81. The van der Waals surface area contributed by atoms with E-state index in [0.717, 1.165) is 5.56 Å². The minimum atomic E-state index is -0.607. The molecule has 1 fully saturated rings. The first-order valence-corrected chi connectivity index (χ1v) is 6.78. The zero-order chi connectivity index (χ0) is 14.5. The minimum Gasteiger partial charge on any atom is -0.339 e. The summed E-state index contributed by atoms with van der Waals surface area (Å²) < 4.78 is 0. The highest BCUT2D eigenvalue weighted by Crippen LogP contribution is 2.23. The lowest BCUT2D eigenvalue weighted by Crippen LogP contribution is -2.59. The van der Waals surface area contributed by atoms with E-state index in [4.69, 9.17) is 6.42 Å². The molecule has 0 bridgehead atoms. The number of hydrogen-bond acceptors (Lipinski definition) is 2. The number of nitrogens with one attached hydrogen (secondary N) is 1. The van der Waals surface area contributed by atoms with Crippen molar-refractivity contribution in [3.63, 3.8) is 0 Å². The first-order valence-electron chi connectivity index (χ1n) is 6.78. The molecule has 0 spiro atoms. The van der Waals surface area contributed by atoms with Gasteiger partial charge in [-0.3, -0.25) is 9.59 Å². The number of carbonyl (C=O) groups is 2. The van der Waals surface area contributed by atoms with E-state index in [1.807, 2.05) is 37.3 Å². The van der Waals surface area contributed by atoms with E-state index in [1.54, 1.807) is 4.90 Å².